The van der Waals surface area contributed by atoms with Gasteiger partial charge in [0, 0.05) is 38.3 Å². The van der Waals surface area contributed by atoms with E-state index in [-0.39, 0.29) is 28.3 Å². The molecule has 0 spiro atoms. The van der Waals surface area contributed by atoms with Crippen molar-refractivity contribution in [3.05, 3.63) is 85.8 Å². The molecule has 9 heteroatoms. The molecule has 0 saturated carbocycles. The Bertz CT molecular complexity index is 1280. The van der Waals surface area contributed by atoms with Gasteiger partial charge in [0.2, 0.25) is 5.76 Å². The van der Waals surface area contributed by atoms with E-state index in [2.05, 4.69) is 4.90 Å². The summed E-state index contributed by atoms with van der Waals surface area (Å²) >= 11 is 0. The number of non-ortho nitro benzene ring substituents is 1. The Hall–Kier alpha value is -3.56. The smallest absolute Gasteiger partial charge is 0.290 e. The van der Waals surface area contributed by atoms with Crippen LogP contribution in [0.5, 0.6) is 0 Å². The summed E-state index contributed by atoms with van der Waals surface area (Å²) in [6.45, 7) is 4.24. The number of hydrogen-bond donors (Lipinski definition) is 0. The number of ether oxygens (including phenoxy) is 1. The fraction of sp³-hybridized carbons (Fsp3) is 0.333. The highest BCUT2D eigenvalue weighted by Gasteiger charge is 2.42. The summed E-state index contributed by atoms with van der Waals surface area (Å²) in [6, 6.07) is 12.2. The van der Waals surface area contributed by atoms with Gasteiger partial charge in [0.05, 0.1) is 35.1 Å². The Labute approximate surface area is 189 Å². The van der Waals surface area contributed by atoms with Gasteiger partial charge in [0.25, 0.3) is 11.6 Å². The minimum atomic E-state index is -0.738. The zero-order chi connectivity index (χ0) is 22.9. The molecule has 33 heavy (non-hydrogen) atoms. The SMILES string of the molecule is O=C1c2oc3ccccc3c(=O)c2C(c2cccc([N+](=O)[O-])c2)N1CCCN1CCOCC1. The van der Waals surface area contributed by atoms with Crippen molar-refractivity contribution < 1.29 is 18.9 Å². The molecule has 2 aliphatic heterocycles. The standard InChI is InChI=1S/C24H23N3O6/c28-22-18-7-1-2-8-19(18)33-23-20(22)21(16-5-3-6-17(15-16)27(30)31)26(24(23)29)10-4-9-25-11-13-32-14-12-25/h1-3,5-8,15,21H,4,9-14H2. The summed E-state index contributed by atoms with van der Waals surface area (Å²) < 4.78 is 11.3. The van der Waals surface area contributed by atoms with Crippen molar-refractivity contribution in [2.24, 2.45) is 0 Å². The molecule has 0 radical (unpaired) electrons. The molecule has 1 saturated heterocycles. The van der Waals surface area contributed by atoms with E-state index >= 15 is 0 Å². The second kappa shape index (κ2) is 8.76. The number of hydrogen-bond acceptors (Lipinski definition) is 7. The molecule has 1 aromatic heterocycles. The van der Waals surface area contributed by atoms with E-state index in [0.29, 0.717) is 42.7 Å². The summed E-state index contributed by atoms with van der Waals surface area (Å²) in [5.41, 5.74) is 0.734. The molecular formula is C24H23N3O6. The van der Waals surface area contributed by atoms with Gasteiger partial charge in [-0.3, -0.25) is 24.6 Å². The number of morpholine rings is 1. The van der Waals surface area contributed by atoms with Gasteiger partial charge in [0.1, 0.15) is 5.58 Å². The van der Waals surface area contributed by atoms with Crippen LogP contribution in [0.2, 0.25) is 0 Å². The van der Waals surface area contributed by atoms with E-state index in [9.17, 15) is 19.7 Å². The maximum Gasteiger partial charge on any atom is 0.290 e. The molecule has 9 nitrogen and oxygen atoms in total. The van der Waals surface area contributed by atoms with Gasteiger partial charge in [-0.2, -0.15) is 0 Å². The Balaban J connectivity index is 1.55. The number of para-hydroxylation sites is 1. The van der Waals surface area contributed by atoms with Crippen molar-refractivity contribution >= 4 is 22.6 Å². The van der Waals surface area contributed by atoms with Crippen molar-refractivity contribution in [3.63, 3.8) is 0 Å². The molecule has 5 rings (SSSR count). The monoisotopic (exact) mass is 449 g/mol. The highest BCUT2D eigenvalue weighted by molar-refractivity contribution is 5.99. The molecule has 0 N–H and O–H groups in total. The summed E-state index contributed by atoms with van der Waals surface area (Å²) in [4.78, 5) is 41.6. The highest BCUT2D eigenvalue weighted by atomic mass is 16.6. The minimum absolute atomic E-state index is 0.0154. The second-order valence-corrected chi connectivity index (χ2v) is 8.23. The fourth-order valence-corrected chi connectivity index (χ4v) is 4.64. The van der Waals surface area contributed by atoms with Crippen molar-refractivity contribution in [1.29, 1.82) is 0 Å². The predicted molar refractivity (Wildman–Crippen MR) is 120 cm³/mol. The van der Waals surface area contributed by atoms with E-state index in [4.69, 9.17) is 9.15 Å². The molecule has 2 aromatic carbocycles. The fourth-order valence-electron chi connectivity index (χ4n) is 4.64. The van der Waals surface area contributed by atoms with Gasteiger partial charge >= 0.3 is 0 Å². The summed E-state index contributed by atoms with van der Waals surface area (Å²) in [5.74, 6) is -0.354. The summed E-state index contributed by atoms with van der Waals surface area (Å²) in [6.07, 6.45) is 0.693. The third-order valence-electron chi connectivity index (χ3n) is 6.25. The number of rotatable bonds is 6. The molecule has 1 atom stereocenters. The molecule has 1 fully saturated rings. The van der Waals surface area contributed by atoms with Crippen LogP contribution >= 0.6 is 0 Å². The van der Waals surface area contributed by atoms with Gasteiger partial charge in [-0.15, -0.1) is 0 Å². The van der Waals surface area contributed by atoms with Crippen LogP contribution in [0.3, 0.4) is 0 Å². The van der Waals surface area contributed by atoms with Crippen molar-refractivity contribution in [2.45, 2.75) is 12.5 Å². The first-order chi connectivity index (χ1) is 16.0. The molecule has 170 valence electrons. The van der Waals surface area contributed by atoms with Crippen LogP contribution in [0.1, 0.15) is 34.1 Å². The van der Waals surface area contributed by atoms with Crippen LogP contribution in [0.25, 0.3) is 11.0 Å². The predicted octanol–water partition coefficient (Wildman–Crippen LogP) is 2.97. The van der Waals surface area contributed by atoms with E-state index < -0.39 is 11.0 Å². The number of carbonyl (C=O) groups is 1. The molecular weight excluding hydrogens is 426 g/mol. The molecule has 0 aliphatic carbocycles. The lowest BCUT2D eigenvalue weighted by Gasteiger charge is -2.29. The molecule has 3 heterocycles. The first-order valence-corrected chi connectivity index (χ1v) is 11.0. The van der Waals surface area contributed by atoms with Gasteiger partial charge < -0.3 is 14.1 Å². The van der Waals surface area contributed by atoms with Gasteiger partial charge in [0.15, 0.2) is 5.43 Å². The van der Waals surface area contributed by atoms with Crippen LogP contribution < -0.4 is 5.43 Å². The quantitative estimate of drug-likeness (QED) is 0.421. The number of nitro benzene ring substituents is 1. The highest BCUT2D eigenvalue weighted by Crippen LogP contribution is 2.39. The third-order valence-corrected chi connectivity index (χ3v) is 6.25. The van der Waals surface area contributed by atoms with E-state index in [1.807, 2.05) is 0 Å². The number of nitrogens with zero attached hydrogens (tertiary/aromatic N) is 3. The first-order valence-electron chi connectivity index (χ1n) is 11.0. The summed E-state index contributed by atoms with van der Waals surface area (Å²) in [5, 5.41) is 11.8. The van der Waals surface area contributed by atoms with Crippen molar-refractivity contribution in [1.82, 2.24) is 9.80 Å². The van der Waals surface area contributed by atoms with E-state index in [0.717, 1.165) is 19.6 Å². The average Bonchev–Trinajstić information content (AvgIpc) is 3.12. The maximum absolute atomic E-state index is 13.4. The number of nitro groups is 1. The van der Waals surface area contributed by atoms with Gasteiger partial charge in [-0.05, 0) is 24.1 Å². The zero-order valence-corrected chi connectivity index (χ0v) is 17.9. The van der Waals surface area contributed by atoms with Crippen LogP contribution in [-0.4, -0.2) is 60.0 Å². The Morgan fingerprint density at radius 2 is 1.82 bits per heavy atom. The topological polar surface area (TPSA) is 106 Å². The van der Waals surface area contributed by atoms with E-state index in [1.54, 1.807) is 41.3 Å². The number of fused-ring (bicyclic) bond motifs is 2. The number of carbonyl (C=O) groups excluding carboxylic acids is 1. The van der Waals surface area contributed by atoms with Crippen molar-refractivity contribution in [2.75, 3.05) is 39.4 Å². The molecule has 0 bridgehead atoms. The molecule has 2 aliphatic rings. The van der Waals surface area contributed by atoms with Crippen LogP contribution in [0, 0.1) is 10.1 Å². The maximum atomic E-state index is 13.4. The third kappa shape index (κ3) is 3.90. The summed E-state index contributed by atoms with van der Waals surface area (Å²) in [7, 11) is 0. The van der Waals surface area contributed by atoms with Gasteiger partial charge in [-0.1, -0.05) is 24.3 Å². The van der Waals surface area contributed by atoms with Gasteiger partial charge in [-0.25, -0.2) is 0 Å². The number of benzene rings is 2. The lowest BCUT2D eigenvalue weighted by atomic mass is 9.98. The minimum Gasteiger partial charge on any atom is -0.450 e. The molecule has 3 aromatic rings. The number of amides is 1. The van der Waals surface area contributed by atoms with Crippen LogP contribution in [0.4, 0.5) is 5.69 Å². The van der Waals surface area contributed by atoms with E-state index in [1.165, 1.54) is 12.1 Å². The van der Waals surface area contributed by atoms with Crippen LogP contribution in [0.15, 0.2) is 57.7 Å². The Kier molecular flexibility index (Phi) is 5.65. The molecule has 1 unspecified atom stereocenters. The van der Waals surface area contributed by atoms with Crippen LogP contribution in [-0.2, 0) is 4.74 Å². The van der Waals surface area contributed by atoms with Crippen molar-refractivity contribution in [3.8, 4) is 0 Å². The Morgan fingerprint density at radius 3 is 2.61 bits per heavy atom. The average molecular weight is 449 g/mol. The largest absolute Gasteiger partial charge is 0.450 e. The zero-order valence-electron chi connectivity index (χ0n) is 17.9. The lowest BCUT2D eigenvalue weighted by Crippen LogP contribution is -2.38. The normalized spacial score (nSPS) is 18.6. The second-order valence-electron chi connectivity index (χ2n) is 8.23. The Morgan fingerprint density at radius 1 is 1.03 bits per heavy atom. The lowest BCUT2D eigenvalue weighted by molar-refractivity contribution is -0.384. The first kappa shape index (κ1) is 21.3. The molecule has 1 amide bonds.